The number of rotatable bonds is 7. The molecule has 0 spiro atoms. The third kappa shape index (κ3) is 4.90. The van der Waals surface area contributed by atoms with Crippen LogP contribution in [0.25, 0.3) is 10.4 Å². The van der Waals surface area contributed by atoms with E-state index in [1.165, 1.54) is 4.90 Å². The molecule has 1 aromatic carbocycles. The predicted octanol–water partition coefficient (Wildman–Crippen LogP) is 3.92. The number of nitrogens with zero attached hydrogens (tertiary/aromatic N) is 5. The normalized spacial score (nSPS) is 16.3. The maximum atomic E-state index is 12.2. The average molecular weight is 371 g/mol. The molecular weight excluding hydrogens is 350 g/mol. The first kappa shape index (κ1) is 20.1. The summed E-state index contributed by atoms with van der Waals surface area (Å²) in [6, 6.07) is 6.32. The monoisotopic (exact) mass is 371 g/mol. The fraction of sp³-hybridized carbons (Fsp3) is 0.500. The van der Waals surface area contributed by atoms with Gasteiger partial charge >= 0.3 is 12.1 Å². The lowest BCUT2D eigenvalue weighted by Crippen LogP contribution is -2.55. The van der Waals surface area contributed by atoms with Crippen LogP contribution in [0.5, 0.6) is 0 Å². The summed E-state index contributed by atoms with van der Waals surface area (Å²) in [6.45, 7) is 4.16. The number of hydrogen-bond donors (Lipinski definition) is 0. The Labute approximate surface area is 157 Å². The molecule has 0 bridgehead atoms. The van der Waals surface area contributed by atoms with Crippen molar-refractivity contribution >= 4 is 17.7 Å². The lowest BCUT2D eigenvalue weighted by molar-refractivity contribution is -0.152. The molecule has 1 aliphatic rings. The van der Waals surface area contributed by atoms with Crippen molar-refractivity contribution in [2.75, 3.05) is 13.2 Å². The molecule has 0 radical (unpaired) electrons. The Hall–Kier alpha value is -3.24. The third-order valence-electron chi connectivity index (χ3n) is 4.56. The summed E-state index contributed by atoms with van der Waals surface area (Å²) in [5, 5.41) is 12.2. The molecule has 0 N–H and O–H groups in total. The second-order valence-corrected chi connectivity index (χ2v) is 6.21. The van der Waals surface area contributed by atoms with E-state index in [4.69, 9.17) is 20.3 Å². The Morgan fingerprint density at radius 3 is 2.85 bits per heavy atom. The van der Waals surface area contributed by atoms with Gasteiger partial charge in [-0.15, -0.1) is 0 Å². The average Bonchev–Trinajstić information content (AvgIpc) is 2.64. The summed E-state index contributed by atoms with van der Waals surface area (Å²) in [5.41, 5.74) is 10.9. The molecule has 2 atom stereocenters. The van der Waals surface area contributed by atoms with E-state index in [0.717, 1.165) is 17.5 Å². The van der Waals surface area contributed by atoms with E-state index in [1.807, 2.05) is 19.9 Å². The molecule has 0 aliphatic carbocycles. The molecule has 1 fully saturated rings. The smallest absolute Gasteiger partial charge is 0.410 e. The molecule has 1 unspecified atom stereocenters. The number of carbonyl (C=O) groups is 2. The topological polar surface area (TPSA) is 128 Å². The number of amides is 1. The summed E-state index contributed by atoms with van der Waals surface area (Å²) in [6.07, 6.45) is 0.750. The van der Waals surface area contributed by atoms with Crippen molar-refractivity contribution in [3.05, 3.63) is 39.8 Å². The molecule has 1 heterocycles. The summed E-state index contributed by atoms with van der Waals surface area (Å²) >= 11 is 0. The van der Waals surface area contributed by atoms with E-state index >= 15 is 0 Å². The van der Waals surface area contributed by atoms with Crippen molar-refractivity contribution in [1.82, 2.24) is 4.90 Å². The fourth-order valence-electron chi connectivity index (χ4n) is 2.73. The van der Waals surface area contributed by atoms with Gasteiger partial charge in [0, 0.05) is 17.1 Å². The lowest BCUT2D eigenvalue weighted by atomic mass is 9.95. The molecule has 2 rings (SSSR count). The first-order chi connectivity index (χ1) is 13.0. The van der Waals surface area contributed by atoms with Gasteiger partial charge in [0.2, 0.25) is 0 Å². The van der Waals surface area contributed by atoms with Crippen LogP contribution < -0.4 is 0 Å². The van der Waals surface area contributed by atoms with E-state index in [0.29, 0.717) is 18.7 Å². The summed E-state index contributed by atoms with van der Waals surface area (Å²) in [5.74, 6) is -0.409. The summed E-state index contributed by atoms with van der Waals surface area (Å²) < 4.78 is 10.0. The Morgan fingerprint density at radius 2 is 2.26 bits per heavy atom. The van der Waals surface area contributed by atoms with Crippen LogP contribution in [0.1, 0.15) is 43.7 Å². The molecule has 1 aliphatic heterocycles. The van der Waals surface area contributed by atoms with Crippen LogP contribution in [0.2, 0.25) is 0 Å². The number of hydrogen-bond acceptors (Lipinski definition) is 6. The van der Waals surface area contributed by atoms with Crippen LogP contribution in [0.4, 0.5) is 10.5 Å². The minimum Gasteiger partial charge on any atom is -0.449 e. The highest BCUT2D eigenvalue weighted by Crippen LogP contribution is 2.30. The van der Waals surface area contributed by atoms with Crippen LogP contribution in [0.15, 0.2) is 23.3 Å². The quantitative estimate of drug-likeness (QED) is 0.310. The van der Waals surface area contributed by atoms with Gasteiger partial charge in [-0.25, -0.2) is 9.59 Å². The zero-order valence-electron chi connectivity index (χ0n) is 15.3. The largest absolute Gasteiger partial charge is 0.449 e. The lowest BCUT2D eigenvalue weighted by Gasteiger charge is -2.37. The molecule has 9 nitrogen and oxygen atoms in total. The van der Waals surface area contributed by atoms with Crippen molar-refractivity contribution in [3.8, 4) is 6.07 Å². The Bertz CT molecular complexity index is 797. The van der Waals surface area contributed by atoms with Gasteiger partial charge < -0.3 is 9.47 Å². The number of nitriles is 1. The molecule has 0 aromatic heterocycles. The molecule has 1 aromatic rings. The Morgan fingerprint density at radius 1 is 1.48 bits per heavy atom. The molecule has 9 heteroatoms. The van der Waals surface area contributed by atoms with Gasteiger partial charge in [-0.2, -0.15) is 5.26 Å². The number of azide groups is 1. The number of carbonyl (C=O) groups excluding carboxylic acids is 2. The van der Waals surface area contributed by atoms with Gasteiger partial charge in [-0.1, -0.05) is 37.2 Å². The Kier molecular flexibility index (Phi) is 7.03. The highest BCUT2D eigenvalue weighted by atomic mass is 16.6. The molecule has 1 amide bonds. The van der Waals surface area contributed by atoms with Gasteiger partial charge in [0.25, 0.3) is 0 Å². The minimum absolute atomic E-state index is 0.0370. The van der Waals surface area contributed by atoms with Gasteiger partial charge in [0.1, 0.15) is 18.7 Å². The minimum atomic E-state index is -0.700. The van der Waals surface area contributed by atoms with Crippen LogP contribution in [0, 0.1) is 11.3 Å². The zero-order chi connectivity index (χ0) is 19.8. The van der Waals surface area contributed by atoms with Crippen molar-refractivity contribution in [1.29, 1.82) is 5.26 Å². The maximum Gasteiger partial charge on any atom is 0.410 e. The molecule has 27 heavy (non-hydrogen) atoms. The highest BCUT2D eigenvalue weighted by molar-refractivity contribution is 5.83. The van der Waals surface area contributed by atoms with E-state index in [2.05, 4.69) is 10.0 Å². The molecular formula is C18H21N5O4. The van der Waals surface area contributed by atoms with E-state index in [9.17, 15) is 9.59 Å². The van der Waals surface area contributed by atoms with Crippen molar-refractivity contribution in [2.45, 2.75) is 45.3 Å². The standard InChI is InChI=1S/C18H21N5O4/c1-3-12(2)14-10-13(4-5-15(14)21-22-20)11-27-18(25)23-8-6-16(23)17(24)26-9-7-19/h4-5,10,12,16H,3,6,8-9,11H2,1-2H3/t12?,16-/m0/s1. The Balaban J connectivity index is 2.00. The summed E-state index contributed by atoms with van der Waals surface area (Å²) in [7, 11) is 0. The van der Waals surface area contributed by atoms with Gasteiger partial charge in [0.05, 0.1) is 0 Å². The van der Waals surface area contributed by atoms with E-state index < -0.39 is 18.1 Å². The first-order valence-electron chi connectivity index (χ1n) is 8.66. The van der Waals surface area contributed by atoms with Crippen molar-refractivity contribution in [2.24, 2.45) is 5.11 Å². The number of esters is 1. The van der Waals surface area contributed by atoms with E-state index in [1.54, 1.807) is 18.2 Å². The maximum absolute atomic E-state index is 12.2. The van der Waals surface area contributed by atoms with Crippen molar-refractivity contribution in [3.63, 3.8) is 0 Å². The molecule has 0 saturated carbocycles. The van der Waals surface area contributed by atoms with E-state index in [-0.39, 0.29) is 19.1 Å². The molecule has 142 valence electrons. The van der Waals surface area contributed by atoms with Gasteiger partial charge in [-0.05, 0) is 35.4 Å². The fourth-order valence-corrected chi connectivity index (χ4v) is 2.73. The number of likely N-dealkylation sites (tertiary alicyclic amines) is 1. The third-order valence-corrected chi connectivity index (χ3v) is 4.56. The summed E-state index contributed by atoms with van der Waals surface area (Å²) in [4.78, 5) is 28.1. The second kappa shape index (κ2) is 9.46. The van der Waals surface area contributed by atoms with Crippen LogP contribution in [-0.4, -0.2) is 36.2 Å². The SMILES string of the molecule is CCC(C)c1cc(COC(=O)N2CC[C@H]2C(=O)OCC#N)ccc1N=[N+]=[N-]. The number of benzene rings is 1. The van der Waals surface area contributed by atoms with Crippen LogP contribution >= 0.6 is 0 Å². The number of ether oxygens (including phenoxy) is 2. The first-order valence-corrected chi connectivity index (χ1v) is 8.66. The predicted molar refractivity (Wildman–Crippen MR) is 95.8 cm³/mol. The van der Waals surface area contributed by atoms with Crippen LogP contribution in [-0.2, 0) is 20.9 Å². The van der Waals surface area contributed by atoms with Gasteiger partial charge in [0.15, 0.2) is 6.61 Å². The van der Waals surface area contributed by atoms with Gasteiger partial charge in [-0.3, -0.25) is 4.90 Å². The highest BCUT2D eigenvalue weighted by Gasteiger charge is 2.39. The second-order valence-electron chi connectivity index (χ2n) is 6.21. The van der Waals surface area contributed by atoms with Crippen LogP contribution in [0.3, 0.4) is 0 Å². The van der Waals surface area contributed by atoms with Crippen molar-refractivity contribution < 1.29 is 19.1 Å². The molecule has 1 saturated heterocycles. The zero-order valence-corrected chi connectivity index (χ0v) is 15.3.